The summed E-state index contributed by atoms with van der Waals surface area (Å²) in [5.74, 6) is 0. The summed E-state index contributed by atoms with van der Waals surface area (Å²) in [5.41, 5.74) is 12.6. The maximum atomic E-state index is 10.9. The van der Waals surface area contributed by atoms with Crippen molar-refractivity contribution in [2.75, 3.05) is 12.3 Å². The molecule has 1 heterocycles. The highest BCUT2D eigenvalue weighted by Gasteiger charge is 2.00. The van der Waals surface area contributed by atoms with E-state index in [1.807, 2.05) is 6.92 Å². The highest BCUT2D eigenvalue weighted by atomic mass is 16.4. The third kappa shape index (κ3) is 3.60. The van der Waals surface area contributed by atoms with Crippen LogP contribution in [0.2, 0.25) is 0 Å². The van der Waals surface area contributed by atoms with E-state index in [0.29, 0.717) is 11.3 Å². The zero-order valence-electron chi connectivity index (χ0n) is 10.2. The van der Waals surface area contributed by atoms with Crippen LogP contribution in [0.1, 0.15) is 18.9 Å². The van der Waals surface area contributed by atoms with E-state index >= 15 is 0 Å². The minimum absolute atomic E-state index is 0.336. The van der Waals surface area contributed by atoms with Crippen molar-refractivity contribution in [2.45, 2.75) is 20.3 Å². The fourth-order valence-corrected chi connectivity index (χ4v) is 1.23. The Morgan fingerprint density at radius 3 is 2.53 bits per heavy atom. The van der Waals surface area contributed by atoms with Crippen molar-refractivity contribution in [3.8, 4) is 0 Å². The molecule has 0 amide bonds. The van der Waals surface area contributed by atoms with E-state index in [-0.39, 0.29) is 5.63 Å². The molecular weight excluding hydrogens is 216 g/mol. The van der Waals surface area contributed by atoms with E-state index < -0.39 is 0 Å². The third-order valence-corrected chi connectivity index (χ3v) is 2.30. The van der Waals surface area contributed by atoms with E-state index in [1.165, 1.54) is 6.07 Å². The van der Waals surface area contributed by atoms with Gasteiger partial charge in [0.1, 0.15) is 5.58 Å². The predicted molar refractivity (Wildman–Crippen MR) is 71.0 cm³/mol. The lowest BCUT2D eigenvalue weighted by atomic mass is 10.1. The summed E-state index contributed by atoms with van der Waals surface area (Å²) in [5, 5.41) is 0.850. The van der Waals surface area contributed by atoms with E-state index in [4.69, 9.17) is 15.9 Å². The second-order valence-electron chi connectivity index (χ2n) is 3.79. The second-order valence-corrected chi connectivity index (χ2v) is 3.79. The lowest BCUT2D eigenvalue weighted by molar-refractivity contribution is 0.561. The molecule has 2 aromatic rings. The minimum Gasteiger partial charge on any atom is -0.423 e. The summed E-state index contributed by atoms with van der Waals surface area (Å²) in [6.45, 7) is 4.75. The summed E-state index contributed by atoms with van der Waals surface area (Å²) in [6, 6.07) is 6.66. The molecule has 4 N–H and O–H groups in total. The van der Waals surface area contributed by atoms with Crippen LogP contribution in [-0.2, 0) is 0 Å². The van der Waals surface area contributed by atoms with Gasteiger partial charge in [-0.2, -0.15) is 0 Å². The predicted octanol–water partition coefficient (Wildman–Crippen LogP) is 2.04. The molecule has 0 saturated heterocycles. The highest BCUT2D eigenvalue weighted by Crippen LogP contribution is 2.19. The van der Waals surface area contributed by atoms with Gasteiger partial charge in [0.05, 0.1) is 0 Å². The van der Waals surface area contributed by atoms with Crippen molar-refractivity contribution >= 4 is 16.7 Å². The van der Waals surface area contributed by atoms with Crippen molar-refractivity contribution in [1.82, 2.24) is 0 Å². The van der Waals surface area contributed by atoms with E-state index in [9.17, 15) is 4.79 Å². The Labute approximate surface area is 100 Å². The van der Waals surface area contributed by atoms with E-state index in [0.717, 1.165) is 23.9 Å². The first kappa shape index (κ1) is 13.3. The molecule has 17 heavy (non-hydrogen) atoms. The second kappa shape index (κ2) is 6.06. The summed E-state index contributed by atoms with van der Waals surface area (Å²) in [7, 11) is 0. The van der Waals surface area contributed by atoms with Gasteiger partial charge < -0.3 is 15.9 Å². The molecule has 4 nitrogen and oxygen atoms in total. The number of hydrogen-bond donors (Lipinski definition) is 2. The van der Waals surface area contributed by atoms with Crippen LogP contribution < -0.4 is 17.1 Å². The van der Waals surface area contributed by atoms with Crippen molar-refractivity contribution < 1.29 is 4.42 Å². The van der Waals surface area contributed by atoms with Gasteiger partial charge in [-0.05, 0) is 43.7 Å². The van der Waals surface area contributed by atoms with Crippen LogP contribution in [0.15, 0.2) is 33.5 Å². The molecule has 1 aromatic heterocycles. The molecule has 0 aliphatic rings. The Morgan fingerprint density at radius 2 is 1.94 bits per heavy atom. The maximum absolute atomic E-state index is 10.9. The van der Waals surface area contributed by atoms with Gasteiger partial charge in [0, 0.05) is 17.1 Å². The van der Waals surface area contributed by atoms with Crippen LogP contribution >= 0.6 is 0 Å². The average Bonchev–Trinajstić information content (AvgIpc) is 2.31. The summed E-state index contributed by atoms with van der Waals surface area (Å²) < 4.78 is 4.99. The number of benzene rings is 1. The number of rotatable bonds is 1. The summed E-state index contributed by atoms with van der Waals surface area (Å²) in [6.07, 6.45) is 1.10. The normalized spacial score (nSPS) is 9.82. The molecule has 0 unspecified atom stereocenters. The first-order chi connectivity index (χ1) is 8.08. The molecule has 0 atom stereocenters. The molecule has 0 radical (unpaired) electrons. The standard InChI is InChI=1S/C10H9NO2.C3H9N/c1-6-4-9-7(5-8(6)11)2-3-10(12)13-9;1-2-3-4/h2-5H,11H2,1H3;2-4H2,1H3. The van der Waals surface area contributed by atoms with Gasteiger partial charge in [0.25, 0.3) is 0 Å². The van der Waals surface area contributed by atoms with Crippen LogP contribution in [0.3, 0.4) is 0 Å². The minimum atomic E-state index is -0.336. The Morgan fingerprint density at radius 1 is 1.29 bits per heavy atom. The molecule has 2 rings (SSSR count). The first-order valence-electron chi connectivity index (χ1n) is 5.58. The van der Waals surface area contributed by atoms with E-state index in [2.05, 4.69) is 6.92 Å². The molecule has 0 aliphatic carbocycles. The molecule has 0 fully saturated rings. The fraction of sp³-hybridized carbons (Fsp3) is 0.308. The monoisotopic (exact) mass is 234 g/mol. The molecule has 0 aliphatic heterocycles. The van der Waals surface area contributed by atoms with Crippen molar-refractivity contribution in [3.63, 3.8) is 0 Å². The van der Waals surface area contributed by atoms with Crippen LogP contribution in [0, 0.1) is 6.92 Å². The number of nitrogen functional groups attached to an aromatic ring is 1. The summed E-state index contributed by atoms with van der Waals surface area (Å²) in [4.78, 5) is 10.9. The lowest BCUT2D eigenvalue weighted by Gasteiger charge is -2.01. The Bertz CT molecular complexity index is 545. The smallest absolute Gasteiger partial charge is 0.336 e. The number of nitrogens with two attached hydrogens (primary N) is 2. The van der Waals surface area contributed by atoms with Crippen LogP contribution in [0.25, 0.3) is 11.0 Å². The van der Waals surface area contributed by atoms with Gasteiger partial charge in [-0.3, -0.25) is 0 Å². The van der Waals surface area contributed by atoms with Crippen LogP contribution in [-0.4, -0.2) is 6.54 Å². The number of aryl methyl sites for hydroxylation is 1. The van der Waals surface area contributed by atoms with Crippen molar-refractivity contribution in [2.24, 2.45) is 5.73 Å². The molecule has 4 heteroatoms. The first-order valence-corrected chi connectivity index (χ1v) is 5.58. The zero-order chi connectivity index (χ0) is 12.8. The largest absolute Gasteiger partial charge is 0.423 e. The molecular formula is C13H18N2O2. The van der Waals surface area contributed by atoms with Crippen LogP contribution in [0.5, 0.6) is 0 Å². The molecule has 0 bridgehead atoms. The van der Waals surface area contributed by atoms with Crippen LogP contribution in [0.4, 0.5) is 5.69 Å². The van der Waals surface area contributed by atoms with Gasteiger partial charge >= 0.3 is 5.63 Å². The quantitative estimate of drug-likeness (QED) is 0.584. The van der Waals surface area contributed by atoms with Gasteiger partial charge in [0.2, 0.25) is 0 Å². The SMILES string of the molecule is CCCN.Cc1cc2oc(=O)ccc2cc1N. The van der Waals surface area contributed by atoms with Gasteiger partial charge in [-0.25, -0.2) is 4.79 Å². The maximum Gasteiger partial charge on any atom is 0.336 e. The van der Waals surface area contributed by atoms with Gasteiger partial charge in [-0.15, -0.1) is 0 Å². The summed E-state index contributed by atoms with van der Waals surface area (Å²) >= 11 is 0. The van der Waals surface area contributed by atoms with Crippen molar-refractivity contribution in [1.29, 1.82) is 0 Å². The molecule has 0 saturated carbocycles. The highest BCUT2D eigenvalue weighted by molar-refractivity contribution is 5.81. The molecule has 1 aromatic carbocycles. The lowest BCUT2D eigenvalue weighted by Crippen LogP contribution is -1.96. The molecule has 0 spiro atoms. The third-order valence-electron chi connectivity index (χ3n) is 2.30. The Hall–Kier alpha value is -1.81. The van der Waals surface area contributed by atoms with Crippen molar-refractivity contribution in [3.05, 3.63) is 40.2 Å². The Kier molecular flexibility index (Phi) is 4.72. The van der Waals surface area contributed by atoms with E-state index in [1.54, 1.807) is 18.2 Å². The number of hydrogen-bond acceptors (Lipinski definition) is 4. The van der Waals surface area contributed by atoms with Gasteiger partial charge in [0.15, 0.2) is 0 Å². The number of fused-ring (bicyclic) bond motifs is 1. The fourth-order valence-electron chi connectivity index (χ4n) is 1.23. The molecule has 92 valence electrons. The average molecular weight is 234 g/mol. The van der Waals surface area contributed by atoms with Gasteiger partial charge in [-0.1, -0.05) is 6.92 Å². The zero-order valence-corrected chi connectivity index (χ0v) is 10.2. The Balaban J connectivity index is 0.000000317. The number of anilines is 1. The topological polar surface area (TPSA) is 82.2 Å².